The van der Waals surface area contributed by atoms with Crippen LogP contribution < -0.4 is 0 Å². The minimum atomic E-state index is -3.70. The third kappa shape index (κ3) is 9.31. The molecule has 2 N–H and O–H groups in total. The minimum absolute atomic E-state index is 0.272. The van der Waals surface area contributed by atoms with Crippen molar-refractivity contribution in [2.45, 2.75) is 77.2 Å². The molecule has 1 aliphatic rings. The van der Waals surface area contributed by atoms with Crippen LogP contribution in [0.3, 0.4) is 0 Å². The largest absolute Gasteiger partial charge is 0.460 e. The second kappa shape index (κ2) is 10.1. The number of rotatable bonds is 9. The van der Waals surface area contributed by atoms with Gasteiger partial charge in [0.25, 0.3) is 10.1 Å². The van der Waals surface area contributed by atoms with Crippen LogP contribution in [0.4, 0.5) is 0 Å². The van der Waals surface area contributed by atoms with Crippen molar-refractivity contribution in [1.82, 2.24) is 0 Å². The van der Waals surface area contributed by atoms with E-state index in [9.17, 15) is 23.4 Å². The summed E-state index contributed by atoms with van der Waals surface area (Å²) in [4.78, 5) is 11.6. The van der Waals surface area contributed by atoms with Crippen molar-refractivity contribution in [3.63, 3.8) is 0 Å². The second-order valence-electron chi connectivity index (χ2n) is 7.79. The molecular formula is C17H32O9S. The summed E-state index contributed by atoms with van der Waals surface area (Å²) in [6.07, 6.45) is -1.96. The second-order valence-corrected chi connectivity index (χ2v) is 9.43. The first-order valence-corrected chi connectivity index (χ1v) is 10.8. The fourth-order valence-electron chi connectivity index (χ4n) is 2.55. The van der Waals surface area contributed by atoms with E-state index in [4.69, 9.17) is 14.2 Å². The zero-order valence-electron chi connectivity index (χ0n) is 16.6. The van der Waals surface area contributed by atoms with E-state index in [1.54, 1.807) is 27.7 Å². The Kier molecular flexibility index (Phi) is 9.10. The molecule has 0 saturated carbocycles. The van der Waals surface area contributed by atoms with Gasteiger partial charge in [0.05, 0.1) is 19.0 Å². The number of aliphatic hydroxyl groups is 2. The molecule has 0 bridgehead atoms. The monoisotopic (exact) mass is 412 g/mol. The maximum atomic E-state index is 11.6. The maximum absolute atomic E-state index is 11.6. The first-order chi connectivity index (χ1) is 12.3. The summed E-state index contributed by atoms with van der Waals surface area (Å²) in [7, 11) is -3.70. The van der Waals surface area contributed by atoms with E-state index in [0.29, 0.717) is 12.8 Å². The Balaban J connectivity index is 2.41. The maximum Gasteiger partial charge on any atom is 0.306 e. The standard InChI is InChI=1S/C17H32O9S/c1-11-14(19)15(20)12(10-24-27(5,21)22)25-16(11)23-9-7-6-8-13(18)26-17(2,3)4/h11-12,14-16,19-20H,6-10H2,1-5H3. The van der Waals surface area contributed by atoms with Crippen molar-refractivity contribution in [1.29, 1.82) is 0 Å². The van der Waals surface area contributed by atoms with Crippen LogP contribution in [0, 0.1) is 5.92 Å². The van der Waals surface area contributed by atoms with Crippen LogP contribution in [-0.2, 0) is 33.3 Å². The van der Waals surface area contributed by atoms with E-state index in [1.807, 2.05) is 0 Å². The molecule has 5 unspecified atom stereocenters. The first kappa shape index (κ1) is 24.3. The van der Waals surface area contributed by atoms with Crippen molar-refractivity contribution in [2.24, 2.45) is 5.92 Å². The summed E-state index contributed by atoms with van der Waals surface area (Å²) >= 11 is 0. The van der Waals surface area contributed by atoms with Crippen LogP contribution in [0.5, 0.6) is 0 Å². The van der Waals surface area contributed by atoms with Gasteiger partial charge < -0.3 is 24.4 Å². The summed E-state index contributed by atoms with van der Waals surface area (Å²) < 4.78 is 43.2. The number of hydrogen-bond acceptors (Lipinski definition) is 9. The van der Waals surface area contributed by atoms with Gasteiger partial charge in [-0.3, -0.25) is 8.98 Å². The van der Waals surface area contributed by atoms with Gasteiger partial charge in [-0.2, -0.15) is 8.42 Å². The van der Waals surface area contributed by atoms with Crippen LogP contribution >= 0.6 is 0 Å². The van der Waals surface area contributed by atoms with E-state index < -0.39 is 52.8 Å². The van der Waals surface area contributed by atoms with Gasteiger partial charge in [-0.15, -0.1) is 0 Å². The van der Waals surface area contributed by atoms with Crippen molar-refractivity contribution in [3.05, 3.63) is 0 Å². The quantitative estimate of drug-likeness (QED) is 0.317. The molecule has 1 aliphatic heterocycles. The Labute approximate surface area is 161 Å². The van der Waals surface area contributed by atoms with E-state index in [2.05, 4.69) is 4.18 Å². The summed E-state index contributed by atoms with van der Waals surface area (Å²) in [6, 6.07) is 0. The predicted octanol–water partition coefficient (Wildman–Crippen LogP) is 0.574. The zero-order chi connectivity index (χ0) is 20.8. The molecule has 1 fully saturated rings. The lowest BCUT2D eigenvalue weighted by Gasteiger charge is -2.41. The van der Waals surface area contributed by atoms with Gasteiger partial charge >= 0.3 is 5.97 Å². The van der Waals surface area contributed by atoms with Gasteiger partial charge in [0.2, 0.25) is 0 Å². The molecule has 0 aromatic heterocycles. The Morgan fingerprint density at radius 2 is 1.78 bits per heavy atom. The first-order valence-electron chi connectivity index (χ1n) is 8.99. The number of carbonyl (C=O) groups is 1. The Hall–Kier alpha value is -0.780. The van der Waals surface area contributed by atoms with Crippen LogP contribution in [0.25, 0.3) is 0 Å². The highest BCUT2D eigenvalue weighted by molar-refractivity contribution is 7.85. The van der Waals surface area contributed by atoms with Gasteiger partial charge in [0.15, 0.2) is 6.29 Å². The molecule has 0 aromatic rings. The molecule has 27 heavy (non-hydrogen) atoms. The summed E-state index contributed by atoms with van der Waals surface area (Å²) in [5, 5.41) is 20.2. The number of carbonyl (C=O) groups excluding carboxylic acids is 1. The molecule has 0 spiro atoms. The molecule has 0 aromatic carbocycles. The lowest BCUT2D eigenvalue weighted by atomic mass is 9.92. The topological polar surface area (TPSA) is 129 Å². The summed E-state index contributed by atoms with van der Waals surface area (Å²) in [5.41, 5.74) is -0.515. The third-order valence-corrected chi connectivity index (χ3v) is 4.50. The predicted molar refractivity (Wildman–Crippen MR) is 96.3 cm³/mol. The highest BCUT2D eigenvalue weighted by Gasteiger charge is 2.43. The molecular weight excluding hydrogens is 380 g/mol. The normalized spacial score (nSPS) is 29.5. The van der Waals surface area contributed by atoms with Gasteiger partial charge in [-0.05, 0) is 33.6 Å². The molecule has 1 saturated heterocycles. The number of aliphatic hydroxyl groups excluding tert-OH is 2. The molecule has 5 atom stereocenters. The van der Waals surface area contributed by atoms with Crippen LogP contribution in [-0.4, -0.2) is 74.3 Å². The highest BCUT2D eigenvalue weighted by Crippen LogP contribution is 2.27. The molecule has 0 radical (unpaired) electrons. The summed E-state index contributed by atoms with van der Waals surface area (Å²) in [6.45, 7) is 6.94. The van der Waals surface area contributed by atoms with Gasteiger partial charge in [-0.25, -0.2) is 0 Å². The van der Waals surface area contributed by atoms with Gasteiger partial charge in [-0.1, -0.05) is 6.92 Å². The number of ether oxygens (including phenoxy) is 3. The molecule has 1 rings (SSSR count). The average molecular weight is 413 g/mol. The fourth-order valence-corrected chi connectivity index (χ4v) is 2.93. The molecule has 0 aliphatic carbocycles. The lowest BCUT2D eigenvalue weighted by Crippen LogP contribution is -2.55. The molecule has 10 heteroatoms. The summed E-state index contributed by atoms with van der Waals surface area (Å²) in [5.74, 6) is -0.790. The molecule has 160 valence electrons. The van der Waals surface area contributed by atoms with Crippen molar-refractivity contribution < 1.29 is 41.8 Å². The van der Waals surface area contributed by atoms with E-state index in [-0.39, 0.29) is 19.0 Å². The van der Waals surface area contributed by atoms with Gasteiger partial charge in [0.1, 0.15) is 17.8 Å². The number of hydrogen-bond donors (Lipinski definition) is 2. The van der Waals surface area contributed by atoms with E-state index in [1.165, 1.54) is 0 Å². The highest BCUT2D eigenvalue weighted by atomic mass is 32.2. The van der Waals surface area contributed by atoms with Crippen molar-refractivity contribution >= 4 is 16.1 Å². The van der Waals surface area contributed by atoms with Crippen molar-refractivity contribution in [3.8, 4) is 0 Å². The Morgan fingerprint density at radius 3 is 2.33 bits per heavy atom. The minimum Gasteiger partial charge on any atom is -0.460 e. The number of esters is 1. The average Bonchev–Trinajstić information content (AvgIpc) is 2.50. The van der Waals surface area contributed by atoms with E-state index >= 15 is 0 Å². The van der Waals surface area contributed by atoms with Crippen LogP contribution in [0.1, 0.15) is 47.0 Å². The van der Waals surface area contributed by atoms with Crippen molar-refractivity contribution in [2.75, 3.05) is 19.5 Å². The van der Waals surface area contributed by atoms with Crippen LogP contribution in [0.2, 0.25) is 0 Å². The van der Waals surface area contributed by atoms with Gasteiger partial charge in [0, 0.05) is 18.9 Å². The lowest BCUT2D eigenvalue weighted by molar-refractivity contribution is -0.280. The molecule has 0 amide bonds. The SMILES string of the molecule is CC1C(OCCCCC(=O)OC(C)(C)C)OC(COS(C)(=O)=O)C(O)C1O. The molecule has 1 heterocycles. The zero-order valence-corrected chi connectivity index (χ0v) is 17.4. The van der Waals surface area contributed by atoms with Crippen LogP contribution in [0.15, 0.2) is 0 Å². The van der Waals surface area contributed by atoms with E-state index in [0.717, 1.165) is 6.26 Å². The third-order valence-electron chi connectivity index (χ3n) is 3.93. The Bertz CT molecular complexity index is 569. The number of unbranched alkanes of at least 4 members (excludes halogenated alkanes) is 1. The Morgan fingerprint density at radius 1 is 1.15 bits per heavy atom. The smallest absolute Gasteiger partial charge is 0.306 e. The molecule has 9 nitrogen and oxygen atoms in total. The fraction of sp³-hybridized carbons (Fsp3) is 0.941.